The molecule has 3 rings (SSSR count). The zero-order chi connectivity index (χ0) is 17.1. The largest absolute Gasteiger partial charge is 0.493 e. The van der Waals surface area contributed by atoms with E-state index in [1.165, 1.54) is 6.33 Å². The Morgan fingerprint density at radius 2 is 2.25 bits per heavy atom. The summed E-state index contributed by atoms with van der Waals surface area (Å²) in [5, 5.41) is 6.94. The number of carbonyl (C=O) groups is 1. The van der Waals surface area contributed by atoms with Crippen LogP contribution in [0, 0.1) is 0 Å². The van der Waals surface area contributed by atoms with Gasteiger partial charge >= 0.3 is 0 Å². The topological polar surface area (TPSA) is 78.3 Å². The SMILES string of the molecule is CCCCOc1cc(Br)c(C2CC(=O)Nc3ncnn32)cc1OC. The zero-order valence-corrected chi connectivity index (χ0v) is 15.2. The molecule has 1 aliphatic heterocycles. The van der Waals surface area contributed by atoms with E-state index in [9.17, 15) is 4.79 Å². The highest BCUT2D eigenvalue weighted by Crippen LogP contribution is 2.40. The normalized spacial score (nSPS) is 16.5. The second-order valence-corrected chi connectivity index (χ2v) is 6.38. The number of anilines is 1. The van der Waals surface area contributed by atoms with Crippen LogP contribution in [0.2, 0.25) is 0 Å². The van der Waals surface area contributed by atoms with Crippen molar-refractivity contribution in [3.05, 3.63) is 28.5 Å². The average molecular weight is 395 g/mol. The molecule has 0 aliphatic carbocycles. The Bertz CT molecular complexity index is 747. The number of methoxy groups -OCH3 is 1. The molecule has 0 spiro atoms. The van der Waals surface area contributed by atoms with Crippen LogP contribution in [-0.2, 0) is 4.79 Å². The molecule has 24 heavy (non-hydrogen) atoms. The first-order valence-electron chi connectivity index (χ1n) is 7.83. The molecule has 0 bridgehead atoms. The highest BCUT2D eigenvalue weighted by atomic mass is 79.9. The predicted molar refractivity (Wildman–Crippen MR) is 92.5 cm³/mol. The number of nitrogens with one attached hydrogen (secondary N) is 1. The number of amides is 1. The van der Waals surface area contributed by atoms with Crippen molar-refractivity contribution in [3.8, 4) is 11.5 Å². The highest BCUT2D eigenvalue weighted by Gasteiger charge is 2.30. The minimum atomic E-state index is -0.246. The summed E-state index contributed by atoms with van der Waals surface area (Å²) in [5.41, 5.74) is 0.899. The molecule has 1 amide bonds. The van der Waals surface area contributed by atoms with E-state index in [-0.39, 0.29) is 18.4 Å². The van der Waals surface area contributed by atoms with Gasteiger partial charge in [-0.3, -0.25) is 10.1 Å². The molecule has 7 nitrogen and oxygen atoms in total. The molecule has 1 atom stereocenters. The number of fused-ring (bicyclic) bond motifs is 1. The quantitative estimate of drug-likeness (QED) is 0.761. The lowest BCUT2D eigenvalue weighted by atomic mass is 10.0. The fraction of sp³-hybridized carbons (Fsp3) is 0.438. The second-order valence-electron chi connectivity index (χ2n) is 5.52. The van der Waals surface area contributed by atoms with E-state index in [0.29, 0.717) is 24.1 Å². The van der Waals surface area contributed by atoms with Gasteiger partial charge in [0.1, 0.15) is 6.33 Å². The van der Waals surface area contributed by atoms with Crippen molar-refractivity contribution >= 4 is 27.8 Å². The Labute approximate surface area is 148 Å². The number of aromatic nitrogens is 3. The molecular weight excluding hydrogens is 376 g/mol. The van der Waals surface area contributed by atoms with Crippen molar-refractivity contribution in [2.24, 2.45) is 0 Å². The first-order chi connectivity index (χ1) is 11.6. The molecule has 0 fully saturated rings. The Morgan fingerprint density at radius 1 is 1.42 bits per heavy atom. The van der Waals surface area contributed by atoms with Crippen LogP contribution in [0.1, 0.15) is 37.8 Å². The smallest absolute Gasteiger partial charge is 0.229 e. The minimum absolute atomic E-state index is 0.0883. The number of rotatable bonds is 6. The minimum Gasteiger partial charge on any atom is -0.493 e. The number of halogens is 1. The number of ether oxygens (including phenoxy) is 2. The van der Waals surface area contributed by atoms with Crippen molar-refractivity contribution in [2.75, 3.05) is 19.0 Å². The lowest BCUT2D eigenvalue weighted by molar-refractivity contribution is -0.117. The standard InChI is InChI=1S/C16H19BrN4O3/c1-3-4-5-24-14-7-11(17)10(6-13(14)23-2)12-8-15(22)20-16-18-9-19-21(12)16/h6-7,9,12H,3-5,8H2,1-2H3,(H,18,19,20,22). The van der Waals surface area contributed by atoms with Crippen molar-refractivity contribution in [1.82, 2.24) is 14.8 Å². The van der Waals surface area contributed by atoms with Crippen LogP contribution in [0.25, 0.3) is 0 Å². The number of carbonyl (C=O) groups excluding carboxylic acids is 1. The number of hydrogen-bond donors (Lipinski definition) is 1. The van der Waals surface area contributed by atoms with Crippen LogP contribution in [0.4, 0.5) is 5.95 Å². The van der Waals surface area contributed by atoms with Crippen LogP contribution in [0.15, 0.2) is 22.9 Å². The third-order valence-electron chi connectivity index (χ3n) is 3.90. The average Bonchev–Trinajstić information content (AvgIpc) is 3.03. The number of benzene rings is 1. The Morgan fingerprint density at radius 3 is 3.00 bits per heavy atom. The van der Waals surface area contributed by atoms with Crippen molar-refractivity contribution in [2.45, 2.75) is 32.2 Å². The van der Waals surface area contributed by atoms with E-state index in [0.717, 1.165) is 22.9 Å². The summed E-state index contributed by atoms with van der Waals surface area (Å²) >= 11 is 3.59. The molecule has 128 valence electrons. The predicted octanol–water partition coefficient (Wildman–Crippen LogP) is 3.16. The van der Waals surface area contributed by atoms with Gasteiger partial charge in [-0.15, -0.1) is 0 Å². The van der Waals surface area contributed by atoms with E-state index in [1.807, 2.05) is 12.1 Å². The zero-order valence-electron chi connectivity index (χ0n) is 13.6. The molecule has 0 saturated heterocycles. The summed E-state index contributed by atoms with van der Waals surface area (Å²) in [6.07, 6.45) is 3.76. The van der Waals surface area contributed by atoms with Gasteiger partial charge in [0.2, 0.25) is 11.9 Å². The summed E-state index contributed by atoms with van der Waals surface area (Å²) in [7, 11) is 1.61. The summed E-state index contributed by atoms with van der Waals surface area (Å²) in [6.45, 7) is 2.75. The van der Waals surface area contributed by atoms with Crippen molar-refractivity contribution in [1.29, 1.82) is 0 Å². The third-order valence-corrected chi connectivity index (χ3v) is 4.58. The monoisotopic (exact) mass is 394 g/mol. The number of nitrogens with zero attached hydrogens (tertiary/aromatic N) is 3. The summed E-state index contributed by atoms with van der Waals surface area (Å²) in [6, 6.07) is 3.52. The molecule has 8 heteroatoms. The Hall–Kier alpha value is -2.09. The van der Waals surface area contributed by atoms with Gasteiger partial charge in [-0.25, -0.2) is 4.68 Å². The van der Waals surface area contributed by atoms with E-state index in [4.69, 9.17) is 9.47 Å². The molecule has 2 heterocycles. The molecule has 0 saturated carbocycles. The number of hydrogen-bond acceptors (Lipinski definition) is 5. The summed E-state index contributed by atoms with van der Waals surface area (Å²) < 4.78 is 13.8. The third kappa shape index (κ3) is 3.24. The fourth-order valence-corrected chi connectivity index (χ4v) is 3.24. The molecule has 2 aromatic rings. The fourth-order valence-electron chi connectivity index (χ4n) is 2.65. The van der Waals surface area contributed by atoms with E-state index < -0.39 is 0 Å². The first-order valence-corrected chi connectivity index (χ1v) is 8.63. The molecule has 1 aromatic heterocycles. The van der Waals surface area contributed by atoms with Gasteiger partial charge in [-0.1, -0.05) is 29.3 Å². The van der Waals surface area contributed by atoms with Crippen molar-refractivity contribution < 1.29 is 14.3 Å². The van der Waals surface area contributed by atoms with E-state index >= 15 is 0 Å². The molecule has 0 radical (unpaired) electrons. The highest BCUT2D eigenvalue weighted by molar-refractivity contribution is 9.10. The van der Waals surface area contributed by atoms with Gasteiger partial charge in [-0.2, -0.15) is 10.1 Å². The molecule has 1 N–H and O–H groups in total. The van der Waals surface area contributed by atoms with Gasteiger partial charge in [0.05, 0.1) is 26.2 Å². The maximum absolute atomic E-state index is 12.0. The molecular formula is C16H19BrN4O3. The first kappa shape index (κ1) is 16.8. The lowest BCUT2D eigenvalue weighted by Crippen LogP contribution is -2.29. The van der Waals surface area contributed by atoms with Gasteiger partial charge in [0, 0.05) is 4.47 Å². The maximum Gasteiger partial charge on any atom is 0.229 e. The Balaban J connectivity index is 1.96. The van der Waals surface area contributed by atoms with E-state index in [1.54, 1.807) is 11.8 Å². The maximum atomic E-state index is 12.0. The van der Waals surface area contributed by atoms with Crippen LogP contribution < -0.4 is 14.8 Å². The van der Waals surface area contributed by atoms with Crippen LogP contribution in [-0.4, -0.2) is 34.4 Å². The van der Waals surface area contributed by atoms with Crippen LogP contribution >= 0.6 is 15.9 Å². The van der Waals surface area contributed by atoms with Gasteiger partial charge in [0.15, 0.2) is 11.5 Å². The van der Waals surface area contributed by atoms with Gasteiger partial charge in [-0.05, 0) is 24.1 Å². The van der Waals surface area contributed by atoms with Gasteiger partial charge in [0.25, 0.3) is 0 Å². The molecule has 1 unspecified atom stereocenters. The number of unbranched alkanes of at least 4 members (excludes halogenated alkanes) is 1. The van der Waals surface area contributed by atoms with Crippen LogP contribution in [0.5, 0.6) is 11.5 Å². The lowest BCUT2D eigenvalue weighted by Gasteiger charge is -2.25. The van der Waals surface area contributed by atoms with Gasteiger partial charge < -0.3 is 9.47 Å². The second kappa shape index (κ2) is 7.21. The van der Waals surface area contributed by atoms with Crippen LogP contribution in [0.3, 0.4) is 0 Å². The molecule has 1 aliphatic rings. The summed E-state index contributed by atoms with van der Waals surface area (Å²) in [4.78, 5) is 16.0. The van der Waals surface area contributed by atoms with E-state index in [2.05, 4.69) is 38.3 Å². The molecule has 1 aromatic carbocycles. The Kier molecular flexibility index (Phi) is 5.03. The van der Waals surface area contributed by atoms with Crippen molar-refractivity contribution in [3.63, 3.8) is 0 Å². The summed E-state index contributed by atoms with van der Waals surface area (Å²) in [5.74, 6) is 1.68.